The molecular formula is C18H19FN6O2S. The van der Waals surface area contributed by atoms with E-state index in [1.807, 2.05) is 0 Å². The van der Waals surface area contributed by atoms with Crippen LogP contribution in [0, 0.1) is 5.82 Å². The summed E-state index contributed by atoms with van der Waals surface area (Å²) in [5, 5.41) is 11.6. The van der Waals surface area contributed by atoms with Gasteiger partial charge in [-0.3, -0.25) is 4.79 Å². The SMILES string of the molecule is O=C(CSc1ncnc2c1nnn2Cc1ccccc1F)NC[C@@H]1CCCO1. The van der Waals surface area contributed by atoms with Gasteiger partial charge in [0.25, 0.3) is 0 Å². The Morgan fingerprint density at radius 1 is 1.36 bits per heavy atom. The molecule has 10 heteroatoms. The number of ether oxygens (including phenoxy) is 1. The molecule has 0 spiro atoms. The molecule has 1 amide bonds. The zero-order valence-electron chi connectivity index (χ0n) is 15.0. The van der Waals surface area contributed by atoms with Gasteiger partial charge < -0.3 is 10.1 Å². The number of hydrogen-bond acceptors (Lipinski definition) is 7. The number of carbonyl (C=O) groups is 1. The zero-order chi connectivity index (χ0) is 19.3. The second-order valence-corrected chi connectivity index (χ2v) is 7.38. The van der Waals surface area contributed by atoms with Crippen molar-refractivity contribution in [2.24, 2.45) is 0 Å². The van der Waals surface area contributed by atoms with Gasteiger partial charge in [-0.05, 0) is 18.9 Å². The third-order valence-corrected chi connectivity index (χ3v) is 5.41. The molecule has 146 valence electrons. The zero-order valence-corrected chi connectivity index (χ0v) is 15.9. The highest BCUT2D eigenvalue weighted by atomic mass is 32.2. The molecule has 28 heavy (non-hydrogen) atoms. The van der Waals surface area contributed by atoms with Gasteiger partial charge in [-0.25, -0.2) is 19.0 Å². The Balaban J connectivity index is 1.41. The summed E-state index contributed by atoms with van der Waals surface area (Å²) in [6, 6.07) is 6.50. The molecule has 4 rings (SSSR count). The topological polar surface area (TPSA) is 94.8 Å². The maximum atomic E-state index is 13.9. The Kier molecular flexibility index (Phi) is 5.77. The van der Waals surface area contributed by atoms with Gasteiger partial charge in [0.1, 0.15) is 17.2 Å². The molecule has 1 fully saturated rings. The average molecular weight is 402 g/mol. The van der Waals surface area contributed by atoms with Crippen LogP contribution >= 0.6 is 11.8 Å². The summed E-state index contributed by atoms with van der Waals surface area (Å²) >= 11 is 1.27. The fourth-order valence-corrected chi connectivity index (χ4v) is 3.75. The van der Waals surface area contributed by atoms with Gasteiger partial charge in [0.2, 0.25) is 5.91 Å². The summed E-state index contributed by atoms with van der Waals surface area (Å²) < 4.78 is 20.9. The number of nitrogens with zero attached hydrogens (tertiary/aromatic N) is 5. The van der Waals surface area contributed by atoms with Gasteiger partial charge in [-0.15, -0.1) is 5.10 Å². The third kappa shape index (κ3) is 4.28. The van der Waals surface area contributed by atoms with Gasteiger partial charge in [0.05, 0.1) is 18.4 Å². The van der Waals surface area contributed by atoms with E-state index >= 15 is 0 Å². The van der Waals surface area contributed by atoms with Crippen LogP contribution in [0.2, 0.25) is 0 Å². The van der Waals surface area contributed by atoms with Crippen molar-refractivity contribution in [2.45, 2.75) is 30.5 Å². The number of carbonyl (C=O) groups excluding carboxylic acids is 1. The first-order chi connectivity index (χ1) is 13.7. The smallest absolute Gasteiger partial charge is 0.230 e. The van der Waals surface area contributed by atoms with Crippen LogP contribution in [-0.4, -0.2) is 55.9 Å². The number of rotatable bonds is 7. The Morgan fingerprint density at radius 2 is 2.25 bits per heavy atom. The van der Waals surface area contributed by atoms with E-state index in [-0.39, 0.29) is 30.1 Å². The molecule has 0 radical (unpaired) electrons. The van der Waals surface area contributed by atoms with Crippen LogP contribution < -0.4 is 5.32 Å². The Bertz CT molecular complexity index is 976. The minimum Gasteiger partial charge on any atom is -0.376 e. The molecule has 1 aliphatic rings. The van der Waals surface area contributed by atoms with E-state index in [2.05, 4.69) is 25.6 Å². The Labute approximate surface area is 164 Å². The number of aromatic nitrogens is 5. The molecular weight excluding hydrogens is 383 g/mol. The number of thioether (sulfide) groups is 1. The van der Waals surface area contributed by atoms with Crippen molar-refractivity contribution in [1.82, 2.24) is 30.3 Å². The standard InChI is InChI=1S/C18H19FN6O2S/c19-14-6-2-1-4-12(14)9-25-17-16(23-24-25)18(22-11-21-17)28-10-15(26)20-8-13-5-3-7-27-13/h1-2,4,6,11,13H,3,5,7-10H2,(H,20,26)/t13-/m0/s1. The summed E-state index contributed by atoms with van der Waals surface area (Å²) in [5.41, 5.74) is 1.49. The van der Waals surface area contributed by atoms with E-state index in [9.17, 15) is 9.18 Å². The van der Waals surface area contributed by atoms with Crippen molar-refractivity contribution in [1.29, 1.82) is 0 Å². The molecule has 1 atom stereocenters. The van der Waals surface area contributed by atoms with E-state index in [0.717, 1.165) is 19.4 Å². The molecule has 1 aromatic carbocycles. The van der Waals surface area contributed by atoms with Crippen molar-refractivity contribution < 1.29 is 13.9 Å². The Hall–Kier alpha value is -2.59. The van der Waals surface area contributed by atoms with Crippen LogP contribution in [0.25, 0.3) is 11.2 Å². The summed E-state index contributed by atoms with van der Waals surface area (Å²) in [4.78, 5) is 20.5. The fraction of sp³-hybridized carbons (Fsp3) is 0.389. The van der Waals surface area contributed by atoms with Crippen molar-refractivity contribution in [2.75, 3.05) is 18.9 Å². The van der Waals surface area contributed by atoms with Crippen LogP contribution in [0.4, 0.5) is 4.39 Å². The Morgan fingerprint density at radius 3 is 3.07 bits per heavy atom. The summed E-state index contributed by atoms with van der Waals surface area (Å²) in [6.07, 6.45) is 3.52. The van der Waals surface area contributed by atoms with Gasteiger partial charge in [-0.2, -0.15) is 0 Å². The molecule has 1 aliphatic heterocycles. The van der Waals surface area contributed by atoms with Crippen molar-refractivity contribution >= 4 is 28.8 Å². The number of benzene rings is 1. The lowest BCUT2D eigenvalue weighted by Gasteiger charge is -2.10. The maximum absolute atomic E-state index is 13.9. The molecule has 1 saturated heterocycles. The van der Waals surface area contributed by atoms with E-state index in [0.29, 0.717) is 28.3 Å². The quantitative estimate of drug-likeness (QED) is 0.476. The number of halogens is 1. The number of nitrogens with one attached hydrogen (secondary N) is 1. The lowest BCUT2D eigenvalue weighted by atomic mass is 10.2. The molecule has 0 aliphatic carbocycles. The van der Waals surface area contributed by atoms with E-state index in [1.165, 1.54) is 28.8 Å². The molecule has 2 aromatic heterocycles. The molecule has 8 nitrogen and oxygen atoms in total. The first kappa shape index (κ1) is 18.8. The van der Waals surface area contributed by atoms with Crippen molar-refractivity contribution in [3.05, 3.63) is 42.0 Å². The number of hydrogen-bond donors (Lipinski definition) is 1. The summed E-state index contributed by atoms with van der Waals surface area (Å²) in [6.45, 7) is 1.50. The second kappa shape index (κ2) is 8.61. The lowest BCUT2D eigenvalue weighted by Crippen LogP contribution is -2.32. The molecule has 0 unspecified atom stereocenters. The first-order valence-corrected chi connectivity index (χ1v) is 9.98. The largest absolute Gasteiger partial charge is 0.376 e. The molecule has 0 bridgehead atoms. The van der Waals surface area contributed by atoms with Crippen molar-refractivity contribution in [3.8, 4) is 0 Å². The van der Waals surface area contributed by atoms with Gasteiger partial charge in [0, 0.05) is 18.7 Å². The first-order valence-electron chi connectivity index (χ1n) is 8.99. The van der Waals surface area contributed by atoms with Gasteiger partial charge >= 0.3 is 0 Å². The van der Waals surface area contributed by atoms with Crippen molar-refractivity contribution in [3.63, 3.8) is 0 Å². The highest BCUT2D eigenvalue weighted by Gasteiger charge is 2.17. The summed E-state index contributed by atoms with van der Waals surface area (Å²) in [7, 11) is 0. The van der Waals surface area contributed by atoms with Gasteiger partial charge in [0.15, 0.2) is 11.2 Å². The van der Waals surface area contributed by atoms with Crippen LogP contribution in [0.3, 0.4) is 0 Å². The minimum absolute atomic E-state index is 0.0917. The summed E-state index contributed by atoms with van der Waals surface area (Å²) in [5.74, 6) is -0.192. The van der Waals surface area contributed by atoms with Crippen LogP contribution in [0.5, 0.6) is 0 Å². The maximum Gasteiger partial charge on any atom is 0.230 e. The van der Waals surface area contributed by atoms with Crippen LogP contribution in [0.15, 0.2) is 35.6 Å². The molecule has 3 aromatic rings. The highest BCUT2D eigenvalue weighted by Crippen LogP contribution is 2.23. The van der Waals surface area contributed by atoms with Gasteiger partial charge in [-0.1, -0.05) is 35.2 Å². The predicted octanol–water partition coefficient (Wildman–Crippen LogP) is 1.80. The van der Waals surface area contributed by atoms with Crippen LogP contribution in [0.1, 0.15) is 18.4 Å². The monoisotopic (exact) mass is 402 g/mol. The molecule has 1 N–H and O–H groups in total. The fourth-order valence-electron chi connectivity index (χ4n) is 2.99. The predicted molar refractivity (Wildman–Crippen MR) is 101 cm³/mol. The number of fused-ring (bicyclic) bond motifs is 1. The average Bonchev–Trinajstić information content (AvgIpc) is 3.37. The molecule has 0 saturated carbocycles. The lowest BCUT2D eigenvalue weighted by molar-refractivity contribution is -0.119. The normalized spacial score (nSPS) is 16.5. The van der Waals surface area contributed by atoms with Crippen LogP contribution in [-0.2, 0) is 16.1 Å². The second-order valence-electron chi connectivity index (χ2n) is 6.42. The molecule has 3 heterocycles. The van der Waals surface area contributed by atoms with E-state index < -0.39 is 0 Å². The third-order valence-electron chi connectivity index (χ3n) is 4.44. The number of amides is 1. The highest BCUT2D eigenvalue weighted by molar-refractivity contribution is 8.00. The van der Waals surface area contributed by atoms with E-state index in [1.54, 1.807) is 18.2 Å². The minimum atomic E-state index is -0.308. The van der Waals surface area contributed by atoms with E-state index in [4.69, 9.17) is 4.74 Å².